The van der Waals surface area contributed by atoms with E-state index in [1.807, 2.05) is 13.8 Å². The van der Waals surface area contributed by atoms with Crippen LogP contribution in [0, 0.1) is 5.92 Å². The number of ether oxygens (including phenoxy) is 1. The molecule has 17 heavy (non-hydrogen) atoms. The Kier molecular flexibility index (Phi) is 8.35. The third-order valence-corrected chi connectivity index (χ3v) is 2.11. The summed E-state index contributed by atoms with van der Waals surface area (Å²) in [6.07, 6.45) is 0.430. The van der Waals surface area contributed by atoms with E-state index >= 15 is 0 Å². The Labute approximate surface area is 102 Å². The van der Waals surface area contributed by atoms with Crippen LogP contribution < -0.4 is 10.6 Å². The van der Waals surface area contributed by atoms with Gasteiger partial charge < -0.3 is 20.5 Å². The van der Waals surface area contributed by atoms with E-state index in [0.29, 0.717) is 19.6 Å². The molecule has 0 bridgehead atoms. The average Bonchev–Trinajstić information content (AvgIpc) is 2.22. The summed E-state index contributed by atoms with van der Waals surface area (Å²) in [5.41, 5.74) is 0. The van der Waals surface area contributed by atoms with E-state index in [1.54, 1.807) is 7.11 Å². The zero-order valence-electron chi connectivity index (χ0n) is 10.7. The average molecular weight is 246 g/mol. The molecule has 0 fully saturated rings. The maximum absolute atomic E-state index is 11.4. The van der Waals surface area contributed by atoms with Crippen LogP contribution in [0.2, 0.25) is 0 Å². The number of amides is 1. The third-order valence-electron chi connectivity index (χ3n) is 2.11. The molecular weight excluding hydrogens is 224 g/mol. The first-order valence-electron chi connectivity index (χ1n) is 5.69. The highest BCUT2D eigenvalue weighted by atomic mass is 16.5. The molecule has 1 atom stereocenters. The van der Waals surface area contributed by atoms with Crippen molar-refractivity contribution in [2.24, 2.45) is 5.92 Å². The van der Waals surface area contributed by atoms with Gasteiger partial charge >= 0.3 is 5.97 Å². The molecule has 0 aliphatic carbocycles. The topological polar surface area (TPSA) is 87.7 Å². The summed E-state index contributed by atoms with van der Waals surface area (Å²) < 4.78 is 4.81. The lowest BCUT2D eigenvalue weighted by molar-refractivity contribution is -0.142. The lowest BCUT2D eigenvalue weighted by Crippen LogP contribution is -2.45. The molecule has 1 amide bonds. The van der Waals surface area contributed by atoms with E-state index in [1.165, 1.54) is 0 Å². The number of carbonyl (C=O) groups excluding carboxylic acids is 1. The maximum Gasteiger partial charge on any atom is 0.326 e. The molecule has 0 aliphatic rings. The molecule has 0 radical (unpaired) electrons. The lowest BCUT2D eigenvalue weighted by Gasteiger charge is -2.16. The zero-order chi connectivity index (χ0) is 13.3. The SMILES string of the molecule is COCCNCC(=O)N[C@H](CC(C)C)C(=O)O. The van der Waals surface area contributed by atoms with Gasteiger partial charge in [0.05, 0.1) is 13.2 Å². The summed E-state index contributed by atoms with van der Waals surface area (Å²) in [4.78, 5) is 22.3. The first kappa shape index (κ1) is 15.9. The number of aliphatic carboxylic acids is 1. The fourth-order valence-corrected chi connectivity index (χ4v) is 1.31. The van der Waals surface area contributed by atoms with E-state index in [4.69, 9.17) is 9.84 Å². The quantitative estimate of drug-likeness (QED) is 0.492. The Morgan fingerprint density at radius 2 is 2.00 bits per heavy atom. The number of hydrogen-bond donors (Lipinski definition) is 3. The first-order valence-corrected chi connectivity index (χ1v) is 5.69. The summed E-state index contributed by atoms with van der Waals surface area (Å²) in [7, 11) is 1.57. The van der Waals surface area contributed by atoms with E-state index in [-0.39, 0.29) is 18.4 Å². The van der Waals surface area contributed by atoms with Crippen LogP contribution in [0.5, 0.6) is 0 Å². The smallest absolute Gasteiger partial charge is 0.326 e. The maximum atomic E-state index is 11.4. The molecule has 0 heterocycles. The van der Waals surface area contributed by atoms with Crippen molar-refractivity contribution in [3.8, 4) is 0 Å². The second-order valence-corrected chi connectivity index (χ2v) is 4.26. The molecule has 0 saturated carbocycles. The highest BCUT2D eigenvalue weighted by molar-refractivity contribution is 5.84. The van der Waals surface area contributed by atoms with Crippen LogP contribution in [0.15, 0.2) is 0 Å². The lowest BCUT2D eigenvalue weighted by atomic mass is 10.0. The van der Waals surface area contributed by atoms with Crippen LogP contribution in [-0.2, 0) is 14.3 Å². The molecule has 0 spiro atoms. The monoisotopic (exact) mass is 246 g/mol. The first-order chi connectivity index (χ1) is 7.97. The molecule has 0 rings (SSSR count). The van der Waals surface area contributed by atoms with Gasteiger partial charge in [0.1, 0.15) is 6.04 Å². The zero-order valence-corrected chi connectivity index (χ0v) is 10.7. The molecule has 0 unspecified atom stereocenters. The molecule has 0 aliphatic heterocycles. The van der Waals surface area contributed by atoms with Gasteiger partial charge in [-0.15, -0.1) is 0 Å². The summed E-state index contributed by atoms with van der Waals surface area (Å²) in [6.45, 7) is 5.01. The number of carbonyl (C=O) groups is 2. The molecule has 100 valence electrons. The molecule has 0 aromatic rings. The van der Waals surface area contributed by atoms with Crippen LogP contribution >= 0.6 is 0 Å². The van der Waals surface area contributed by atoms with Gasteiger partial charge in [0, 0.05) is 13.7 Å². The fraction of sp³-hybridized carbons (Fsp3) is 0.818. The minimum atomic E-state index is -0.996. The number of rotatable bonds is 9. The molecule has 0 aromatic carbocycles. The standard InChI is InChI=1S/C11H22N2O4/c1-8(2)6-9(11(15)16)13-10(14)7-12-4-5-17-3/h8-9,12H,4-7H2,1-3H3,(H,13,14)(H,15,16)/t9-/m1/s1. The van der Waals surface area contributed by atoms with Crippen molar-refractivity contribution in [3.05, 3.63) is 0 Å². The summed E-state index contributed by atoms with van der Waals surface area (Å²) in [6, 6.07) is -0.813. The minimum Gasteiger partial charge on any atom is -0.480 e. The number of methoxy groups -OCH3 is 1. The van der Waals surface area contributed by atoms with Gasteiger partial charge in [0.25, 0.3) is 0 Å². The number of carboxylic acid groups (broad SMARTS) is 1. The molecule has 6 heteroatoms. The Bertz CT molecular complexity index is 244. The van der Waals surface area contributed by atoms with Crippen LogP contribution in [0.25, 0.3) is 0 Å². The Balaban J connectivity index is 3.91. The molecule has 6 nitrogen and oxygen atoms in total. The van der Waals surface area contributed by atoms with Gasteiger partial charge in [-0.3, -0.25) is 4.79 Å². The van der Waals surface area contributed by atoms with Crippen molar-refractivity contribution in [3.63, 3.8) is 0 Å². The molecule has 0 aromatic heterocycles. The van der Waals surface area contributed by atoms with E-state index in [0.717, 1.165) is 0 Å². The van der Waals surface area contributed by atoms with Crippen molar-refractivity contribution in [2.45, 2.75) is 26.3 Å². The van der Waals surface area contributed by atoms with Gasteiger partial charge in [-0.25, -0.2) is 4.79 Å². The number of nitrogens with one attached hydrogen (secondary N) is 2. The molecular formula is C11H22N2O4. The van der Waals surface area contributed by atoms with Gasteiger partial charge in [-0.1, -0.05) is 13.8 Å². The van der Waals surface area contributed by atoms with Crippen molar-refractivity contribution in [2.75, 3.05) is 26.8 Å². The second kappa shape index (κ2) is 8.95. The van der Waals surface area contributed by atoms with Crippen molar-refractivity contribution >= 4 is 11.9 Å². The Hall–Kier alpha value is -1.14. The summed E-state index contributed by atoms with van der Waals surface area (Å²) in [5, 5.41) is 14.3. The van der Waals surface area contributed by atoms with E-state index in [2.05, 4.69) is 10.6 Å². The Morgan fingerprint density at radius 3 is 2.47 bits per heavy atom. The highest BCUT2D eigenvalue weighted by Gasteiger charge is 2.20. The van der Waals surface area contributed by atoms with Crippen LogP contribution in [0.4, 0.5) is 0 Å². The molecule has 3 N–H and O–H groups in total. The van der Waals surface area contributed by atoms with Crippen molar-refractivity contribution in [1.29, 1.82) is 0 Å². The van der Waals surface area contributed by atoms with Gasteiger partial charge in [-0.05, 0) is 12.3 Å². The van der Waals surface area contributed by atoms with Crippen LogP contribution in [0.1, 0.15) is 20.3 Å². The largest absolute Gasteiger partial charge is 0.480 e. The van der Waals surface area contributed by atoms with Gasteiger partial charge in [0.15, 0.2) is 0 Å². The molecule has 0 saturated heterocycles. The van der Waals surface area contributed by atoms with Crippen molar-refractivity contribution in [1.82, 2.24) is 10.6 Å². The van der Waals surface area contributed by atoms with Gasteiger partial charge in [-0.2, -0.15) is 0 Å². The normalized spacial score (nSPS) is 12.5. The highest BCUT2D eigenvalue weighted by Crippen LogP contribution is 2.04. The van der Waals surface area contributed by atoms with Crippen LogP contribution in [0.3, 0.4) is 0 Å². The predicted molar refractivity (Wildman–Crippen MR) is 63.8 cm³/mol. The van der Waals surface area contributed by atoms with Crippen LogP contribution in [-0.4, -0.2) is 49.8 Å². The second-order valence-electron chi connectivity index (χ2n) is 4.26. The van der Waals surface area contributed by atoms with E-state index in [9.17, 15) is 9.59 Å². The predicted octanol–water partition coefficient (Wildman–Crippen LogP) is -0.162. The number of carboxylic acids is 1. The fourth-order valence-electron chi connectivity index (χ4n) is 1.31. The Morgan fingerprint density at radius 1 is 1.35 bits per heavy atom. The minimum absolute atomic E-state index is 0.102. The van der Waals surface area contributed by atoms with E-state index < -0.39 is 12.0 Å². The summed E-state index contributed by atoms with van der Waals surface area (Å²) >= 11 is 0. The van der Waals surface area contributed by atoms with Crippen molar-refractivity contribution < 1.29 is 19.4 Å². The van der Waals surface area contributed by atoms with Gasteiger partial charge in [0.2, 0.25) is 5.91 Å². The third kappa shape index (κ3) is 8.65. The number of hydrogen-bond acceptors (Lipinski definition) is 4. The summed E-state index contributed by atoms with van der Waals surface area (Å²) in [5.74, 6) is -1.09.